The summed E-state index contributed by atoms with van der Waals surface area (Å²) in [5.41, 5.74) is 6.04. The van der Waals surface area contributed by atoms with Gasteiger partial charge in [-0.2, -0.15) is 0 Å². The topological polar surface area (TPSA) is 77.2 Å². The van der Waals surface area contributed by atoms with Crippen LogP contribution in [0.15, 0.2) is 18.3 Å². The van der Waals surface area contributed by atoms with E-state index in [9.17, 15) is 4.79 Å². The Bertz CT molecular complexity index is 474. The van der Waals surface area contributed by atoms with Crippen molar-refractivity contribution in [1.82, 2.24) is 10.3 Å². The second kappa shape index (κ2) is 5.30. The number of rotatable bonds is 5. The van der Waals surface area contributed by atoms with Crippen molar-refractivity contribution < 1.29 is 9.53 Å². The SMILES string of the molecule is COc1ncccc1C(=O)NC(C(N)=S)C1CC1. The van der Waals surface area contributed by atoms with Crippen LogP contribution in [-0.2, 0) is 0 Å². The third-order valence-corrected chi connectivity index (χ3v) is 3.15. The van der Waals surface area contributed by atoms with Gasteiger partial charge in [-0.3, -0.25) is 4.79 Å². The van der Waals surface area contributed by atoms with Crippen molar-refractivity contribution in [3.63, 3.8) is 0 Å². The molecule has 1 aromatic rings. The third kappa shape index (κ3) is 2.76. The van der Waals surface area contributed by atoms with Crippen LogP contribution >= 0.6 is 12.2 Å². The van der Waals surface area contributed by atoms with E-state index in [0.29, 0.717) is 22.3 Å². The van der Waals surface area contributed by atoms with Gasteiger partial charge in [0.25, 0.3) is 5.91 Å². The molecule has 1 atom stereocenters. The molecule has 1 saturated carbocycles. The Balaban J connectivity index is 2.13. The van der Waals surface area contributed by atoms with Crippen LogP contribution in [0.4, 0.5) is 0 Å². The van der Waals surface area contributed by atoms with E-state index in [1.165, 1.54) is 7.11 Å². The van der Waals surface area contributed by atoms with Gasteiger partial charge in [0.15, 0.2) is 0 Å². The molecule has 3 N–H and O–H groups in total. The molecule has 6 heteroatoms. The lowest BCUT2D eigenvalue weighted by Gasteiger charge is -2.17. The van der Waals surface area contributed by atoms with Gasteiger partial charge < -0.3 is 15.8 Å². The molecule has 1 amide bonds. The van der Waals surface area contributed by atoms with Crippen molar-refractivity contribution in [2.24, 2.45) is 11.7 Å². The summed E-state index contributed by atoms with van der Waals surface area (Å²) in [4.78, 5) is 16.4. The van der Waals surface area contributed by atoms with Gasteiger partial charge in [-0.15, -0.1) is 0 Å². The normalized spacial score (nSPS) is 15.8. The van der Waals surface area contributed by atoms with Crippen LogP contribution in [0.1, 0.15) is 23.2 Å². The lowest BCUT2D eigenvalue weighted by Crippen LogP contribution is -2.45. The first-order valence-corrected chi connectivity index (χ1v) is 6.13. The number of carbonyl (C=O) groups excluding carboxylic acids is 1. The van der Waals surface area contributed by atoms with Gasteiger partial charge in [0.1, 0.15) is 5.56 Å². The summed E-state index contributed by atoms with van der Waals surface area (Å²) in [6, 6.07) is 3.10. The molecule has 1 aromatic heterocycles. The van der Waals surface area contributed by atoms with E-state index in [0.717, 1.165) is 12.8 Å². The Labute approximate surface area is 111 Å². The molecule has 0 bridgehead atoms. The average Bonchev–Trinajstić information content (AvgIpc) is 3.19. The molecule has 96 valence electrons. The smallest absolute Gasteiger partial charge is 0.257 e. The van der Waals surface area contributed by atoms with E-state index in [1.54, 1.807) is 18.3 Å². The van der Waals surface area contributed by atoms with Crippen LogP contribution in [0.2, 0.25) is 0 Å². The molecule has 2 rings (SSSR count). The largest absolute Gasteiger partial charge is 0.480 e. The second-order valence-corrected chi connectivity index (χ2v) is 4.72. The first-order chi connectivity index (χ1) is 8.63. The molecule has 0 spiro atoms. The summed E-state index contributed by atoms with van der Waals surface area (Å²) in [7, 11) is 1.48. The van der Waals surface area contributed by atoms with Gasteiger partial charge in [0.2, 0.25) is 5.88 Å². The maximum atomic E-state index is 12.1. The van der Waals surface area contributed by atoms with Crippen LogP contribution in [0.5, 0.6) is 5.88 Å². The molecular weight excluding hydrogens is 250 g/mol. The van der Waals surface area contributed by atoms with Crippen molar-refractivity contribution >= 4 is 23.1 Å². The quantitative estimate of drug-likeness (QED) is 0.773. The minimum absolute atomic E-state index is 0.239. The highest BCUT2D eigenvalue weighted by Gasteiger charge is 2.34. The number of carbonyl (C=O) groups is 1. The van der Waals surface area contributed by atoms with Crippen LogP contribution in [-0.4, -0.2) is 29.0 Å². The van der Waals surface area contributed by atoms with Crippen LogP contribution in [0, 0.1) is 5.92 Å². The Morgan fingerprint density at radius 1 is 1.67 bits per heavy atom. The van der Waals surface area contributed by atoms with Gasteiger partial charge in [-0.1, -0.05) is 12.2 Å². The number of hydrogen-bond acceptors (Lipinski definition) is 4. The first-order valence-electron chi connectivity index (χ1n) is 5.72. The van der Waals surface area contributed by atoms with Gasteiger partial charge >= 0.3 is 0 Å². The van der Waals surface area contributed by atoms with E-state index >= 15 is 0 Å². The minimum atomic E-state index is -0.260. The molecule has 1 unspecified atom stereocenters. The van der Waals surface area contributed by atoms with E-state index < -0.39 is 0 Å². The number of pyridine rings is 1. The van der Waals surface area contributed by atoms with Crippen molar-refractivity contribution in [1.29, 1.82) is 0 Å². The lowest BCUT2D eigenvalue weighted by molar-refractivity contribution is 0.0940. The van der Waals surface area contributed by atoms with Crippen LogP contribution in [0.3, 0.4) is 0 Å². The molecule has 0 aliphatic heterocycles. The van der Waals surface area contributed by atoms with Crippen molar-refractivity contribution in [3.8, 4) is 5.88 Å². The molecule has 1 fully saturated rings. The molecule has 1 aliphatic rings. The molecule has 1 heterocycles. The maximum absolute atomic E-state index is 12.1. The highest BCUT2D eigenvalue weighted by molar-refractivity contribution is 7.80. The Hall–Kier alpha value is -1.69. The van der Waals surface area contributed by atoms with E-state index in [1.807, 2.05) is 0 Å². The molecular formula is C12H15N3O2S. The fraction of sp³-hybridized carbons (Fsp3) is 0.417. The van der Waals surface area contributed by atoms with Crippen molar-refractivity contribution in [2.75, 3.05) is 7.11 Å². The molecule has 1 aliphatic carbocycles. The number of nitrogens with two attached hydrogens (primary N) is 1. The number of hydrogen-bond donors (Lipinski definition) is 2. The van der Waals surface area contributed by atoms with Gasteiger partial charge in [0, 0.05) is 6.20 Å². The number of amides is 1. The zero-order valence-electron chi connectivity index (χ0n) is 10.1. The summed E-state index contributed by atoms with van der Waals surface area (Å²) in [6.07, 6.45) is 3.67. The molecule has 5 nitrogen and oxygen atoms in total. The summed E-state index contributed by atoms with van der Waals surface area (Å²) >= 11 is 4.98. The number of thiocarbonyl (C=S) groups is 1. The Kier molecular flexibility index (Phi) is 3.76. The zero-order chi connectivity index (χ0) is 13.1. The Morgan fingerprint density at radius 2 is 2.39 bits per heavy atom. The predicted molar refractivity (Wildman–Crippen MR) is 71.6 cm³/mol. The predicted octanol–water partition coefficient (Wildman–Crippen LogP) is 0.885. The average molecular weight is 265 g/mol. The summed E-state index contributed by atoms with van der Waals surface area (Å²) in [6.45, 7) is 0. The number of nitrogens with one attached hydrogen (secondary N) is 1. The standard InChI is InChI=1S/C12H15N3O2S/c1-17-12-8(3-2-6-14-12)11(16)15-9(10(13)18)7-4-5-7/h2-3,6-7,9H,4-5H2,1H3,(H2,13,18)(H,15,16). The van der Waals surface area contributed by atoms with E-state index in [2.05, 4.69) is 10.3 Å². The van der Waals surface area contributed by atoms with Gasteiger partial charge in [-0.05, 0) is 30.9 Å². The summed E-state index contributed by atoms with van der Waals surface area (Å²) in [5, 5.41) is 2.84. The number of aromatic nitrogens is 1. The third-order valence-electron chi connectivity index (χ3n) is 2.90. The first kappa shape index (κ1) is 12.8. The highest BCUT2D eigenvalue weighted by Crippen LogP contribution is 2.33. The summed E-state index contributed by atoms with van der Waals surface area (Å²) in [5.74, 6) is 0.409. The van der Waals surface area contributed by atoms with E-state index in [-0.39, 0.29) is 11.9 Å². The van der Waals surface area contributed by atoms with Crippen LogP contribution < -0.4 is 15.8 Å². The molecule has 0 radical (unpaired) electrons. The maximum Gasteiger partial charge on any atom is 0.257 e. The second-order valence-electron chi connectivity index (χ2n) is 4.25. The van der Waals surface area contributed by atoms with Crippen molar-refractivity contribution in [2.45, 2.75) is 18.9 Å². The molecule has 18 heavy (non-hydrogen) atoms. The lowest BCUT2D eigenvalue weighted by atomic mass is 10.1. The number of ether oxygens (including phenoxy) is 1. The fourth-order valence-electron chi connectivity index (χ4n) is 1.80. The van der Waals surface area contributed by atoms with Gasteiger partial charge in [0.05, 0.1) is 18.1 Å². The molecule has 0 saturated heterocycles. The van der Waals surface area contributed by atoms with Gasteiger partial charge in [-0.25, -0.2) is 4.98 Å². The summed E-state index contributed by atoms with van der Waals surface area (Å²) < 4.78 is 5.05. The highest BCUT2D eigenvalue weighted by atomic mass is 32.1. The Morgan fingerprint density at radius 3 is 2.94 bits per heavy atom. The number of methoxy groups -OCH3 is 1. The fourth-order valence-corrected chi connectivity index (χ4v) is 2.05. The zero-order valence-corrected chi connectivity index (χ0v) is 10.9. The van der Waals surface area contributed by atoms with E-state index in [4.69, 9.17) is 22.7 Å². The van der Waals surface area contributed by atoms with Crippen molar-refractivity contribution in [3.05, 3.63) is 23.9 Å². The minimum Gasteiger partial charge on any atom is -0.480 e. The monoisotopic (exact) mass is 265 g/mol. The number of nitrogens with zero attached hydrogens (tertiary/aromatic N) is 1. The molecule has 0 aromatic carbocycles. The van der Waals surface area contributed by atoms with Crippen LogP contribution in [0.25, 0.3) is 0 Å².